The number of carbonyl (C=O) groups excluding carboxylic acids is 3. The second-order valence-electron chi connectivity index (χ2n) is 8.30. The van der Waals surface area contributed by atoms with E-state index in [4.69, 9.17) is 5.73 Å². The van der Waals surface area contributed by atoms with Crippen molar-refractivity contribution < 1.29 is 29.4 Å². The summed E-state index contributed by atoms with van der Waals surface area (Å²) in [5.41, 5.74) is 6.41. The van der Waals surface area contributed by atoms with Gasteiger partial charge in [-0.15, -0.1) is 0 Å². The van der Waals surface area contributed by atoms with Gasteiger partial charge in [0.2, 0.25) is 17.7 Å². The predicted octanol–water partition coefficient (Wildman–Crippen LogP) is -0.458. The van der Waals surface area contributed by atoms with Gasteiger partial charge in [-0.3, -0.25) is 14.4 Å². The van der Waals surface area contributed by atoms with Crippen LogP contribution >= 0.6 is 0 Å². The second kappa shape index (κ2) is 12.8. The van der Waals surface area contributed by atoms with Gasteiger partial charge in [-0.25, -0.2) is 4.79 Å². The largest absolute Gasteiger partial charge is 0.480 e. The number of carboxylic acids is 1. The van der Waals surface area contributed by atoms with Gasteiger partial charge in [0.25, 0.3) is 0 Å². The van der Waals surface area contributed by atoms with Gasteiger partial charge in [-0.2, -0.15) is 0 Å². The van der Waals surface area contributed by atoms with Gasteiger partial charge in [0, 0.05) is 6.42 Å². The summed E-state index contributed by atoms with van der Waals surface area (Å²) in [6.45, 7) is 6.42. The van der Waals surface area contributed by atoms with Crippen LogP contribution in [0.2, 0.25) is 0 Å². The number of carbonyl (C=O) groups is 4. The fourth-order valence-corrected chi connectivity index (χ4v) is 2.98. The van der Waals surface area contributed by atoms with E-state index in [0.717, 1.165) is 5.56 Å². The van der Waals surface area contributed by atoms with Crippen molar-refractivity contribution in [1.82, 2.24) is 16.0 Å². The van der Waals surface area contributed by atoms with Gasteiger partial charge in [0.05, 0.1) is 12.1 Å². The van der Waals surface area contributed by atoms with Crippen LogP contribution in [0.4, 0.5) is 0 Å². The molecule has 3 amide bonds. The minimum Gasteiger partial charge on any atom is -0.480 e. The van der Waals surface area contributed by atoms with Gasteiger partial charge in [-0.05, 0) is 31.7 Å². The molecular weight excluding hydrogens is 416 g/mol. The van der Waals surface area contributed by atoms with E-state index in [1.807, 2.05) is 19.9 Å². The highest BCUT2D eigenvalue weighted by Crippen LogP contribution is 2.09. The highest BCUT2D eigenvalue weighted by Gasteiger charge is 2.32. The number of aliphatic hydroxyl groups is 1. The van der Waals surface area contributed by atoms with E-state index < -0.39 is 54.0 Å². The lowest BCUT2D eigenvalue weighted by Crippen LogP contribution is -2.58. The molecule has 0 aliphatic heterocycles. The molecule has 0 saturated carbocycles. The number of aliphatic carboxylic acids is 1. The van der Waals surface area contributed by atoms with Crippen molar-refractivity contribution in [3.05, 3.63) is 35.9 Å². The summed E-state index contributed by atoms with van der Waals surface area (Å²) in [5, 5.41) is 26.3. The molecule has 0 aliphatic rings. The smallest absolute Gasteiger partial charge is 0.328 e. The fraction of sp³-hybridized carbons (Fsp3) is 0.545. The molecule has 5 atom stereocenters. The normalized spacial score (nSPS) is 15.7. The standard InChI is InChI=1S/C22H34N4O6/c1-12(2)10-16(21(30)26-18(14(4)27)22(31)32)25-20(29)17(24-19(28)13(3)23)11-15-8-6-5-7-9-15/h5-9,12-14,16-18,27H,10-11,23H2,1-4H3,(H,24,28)(H,25,29)(H,26,30)(H,31,32). The quantitative estimate of drug-likeness (QED) is 0.250. The van der Waals surface area contributed by atoms with E-state index >= 15 is 0 Å². The summed E-state index contributed by atoms with van der Waals surface area (Å²) in [6.07, 6.45) is -0.932. The molecule has 1 aromatic carbocycles. The molecule has 32 heavy (non-hydrogen) atoms. The second-order valence-corrected chi connectivity index (χ2v) is 8.30. The third-order valence-corrected chi connectivity index (χ3v) is 4.72. The first-order chi connectivity index (χ1) is 14.9. The molecule has 1 rings (SSSR count). The van der Waals surface area contributed by atoms with E-state index in [1.54, 1.807) is 24.3 Å². The van der Waals surface area contributed by atoms with Crippen LogP contribution in [-0.4, -0.2) is 64.2 Å². The highest BCUT2D eigenvalue weighted by molar-refractivity contribution is 5.94. The van der Waals surface area contributed by atoms with Crippen LogP contribution in [0.1, 0.15) is 39.7 Å². The number of rotatable bonds is 12. The maximum atomic E-state index is 13.0. The van der Waals surface area contributed by atoms with Crippen molar-refractivity contribution in [1.29, 1.82) is 0 Å². The third-order valence-electron chi connectivity index (χ3n) is 4.72. The van der Waals surface area contributed by atoms with Crippen LogP contribution in [0.3, 0.4) is 0 Å². The number of nitrogens with one attached hydrogen (secondary N) is 3. The molecule has 0 heterocycles. The molecule has 10 nitrogen and oxygen atoms in total. The number of hydrogen-bond donors (Lipinski definition) is 6. The maximum absolute atomic E-state index is 13.0. The molecular formula is C22H34N4O6. The average molecular weight is 451 g/mol. The van der Waals surface area contributed by atoms with Crippen molar-refractivity contribution in [2.45, 2.75) is 70.8 Å². The van der Waals surface area contributed by atoms with Crippen LogP contribution < -0.4 is 21.7 Å². The van der Waals surface area contributed by atoms with E-state index in [-0.39, 0.29) is 18.8 Å². The summed E-state index contributed by atoms with van der Waals surface area (Å²) in [6, 6.07) is 4.62. The van der Waals surface area contributed by atoms with E-state index in [1.165, 1.54) is 13.8 Å². The summed E-state index contributed by atoms with van der Waals surface area (Å²) in [4.78, 5) is 49.3. The van der Waals surface area contributed by atoms with Gasteiger partial charge >= 0.3 is 5.97 Å². The molecule has 0 bridgehead atoms. The number of carboxylic acid groups (broad SMARTS) is 1. The minimum atomic E-state index is -1.52. The zero-order valence-corrected chi connectivity index (χ0v) is 18.9. The Bertz CT molecular complexity index is 782. The van der Waals surface area contributed by atoms with Crippen LogP contribution in [0.25, 0.3) is 0 Å². The lowest BCUT2D eigenvalue weighted by atomic mass is 10.0. The maximum Gasteiger partial charge on any atom is 0.328 e. The van der Waals surface area contributed by atoms with Crippen LogP contribution in [-0.2, 0) is 25.6 Å². The van der Waals surface area contributed by atoms with Gasteiger partial charge in [0.15, 0.2) is 6.04 Å². The number of benzene rings is 1. The van der Waals surface area contributed by atoms with Crippen molar-refractivity contribution in [2.24, 2.45) is 11.7 Å². The first-order valence-corrected chi connectivity index (χ1v) is 10.5. The number of nitrogens with two attached hydrogens (primary N) is 1. The Balaban J connectivity index is 3.06. The molecule has 0 aliphatic carbocycles. The van der Waals surface area contributed by atoms with Gasteiger partial charge in [-0.1, -0.05) is 44.2 Å². The zero-order chi connectivity index (χ0) is 24.4. The lowest BCUT2D eigenvalue weighted by Gasteiger charge is -2.26. The van der Waals surface area contributed by atoms with Crippen molar-refractivity contribution in [2.75, 3.05) is 0 Å². The Morgan fingerprint density at radius 1 is 0.875 bits per heavy atom. The van der Waals surface area contributed by atoms with Crippen molar-refractivity contribution in [3.8, 4) is 0 Å². The fourth-order valence-electron chi connectivity index (χ4n) is 2.98. The van der Waals surface area contributed by atoms with Crippen molar-refractivity contribution in [3.63, 3.8) is 0 Å². The number of aliphatic hydroxyl groups excluding tert-OH is 1. The predicted molar refractivity (Wildman–Crippen MR) is 118 cm³/mol. The van der Waals surface area contributed by atoms with Crippen LogP contribution in [0.5, 0.6) is 0 Å². The van der Waals surface area contributed by atoms with Crippen LogP contribution in [0.15, 0.2) is 30.3 Å². The Morgan fingerprint density at radius 3 is 1.88 bits per heavy atom. The summed E-state index contributed by atoms with van der Waals surface area (Å²) in [7, 11) is 0. The van der Waals surface area contributed by atoms with E-state index in [0.29, 0.717) is 0 Å². The van der Waals surface area contributed by atoms with Gasteiger partial charge < -0.3 is 31.9 Å². The van der Waals surface area contributed by atoms with Crippen LogP contribution in [0, 0.1) is 5.92 Å². The summed E-state index contributed by atoms with van der Waals surface area (Å²) in [5.74, 6) is -3.27. The Hall–Kier alpha value is -2.98. The van der Waals surface area contributed by atoms with Crippen molar-refractivity contribution >= 4 is 23.7 Å². The Morgan fingerprint density at radius 2 is 1.41 bits per heavy atom. The third kappa shape index (κ3) is 9.03. The molecule has 0 aromatic heterocycles. The number of hydrogen-bond acceptors (Lipinski definition) is 6. The first kappa shape index (κ1) is 27.1. The molecule has 0 radical (unpaired) electrons. The first-order valence-electron chi connectivity index (χ1n) is 10.5. The number of amides is 3. The van der Waals surface area contributed by atoms with E-state index in [9.17, 15) is 29.4 Å². The SMILES string of the molecule is CC(C)CC(NC(=O)C(Cc1ccccc1)NC(=O)C(C)N)C(=O)NC(C(=O)O)C(C)O. The molecule has 0 saturated heterocycles. The minimum absolute atomic E-state index is 0.00731. The molecule has 1 aromatic rings. The monoisotopic (exact) mass is 450 g/mol. The molecule has 0 fully saturated rings. The Kier molecular flexibility index (Phi) is 10.8. The summed E-state index contributed by atoms with van der Waals surface area (Å²) < 4.78 is 0. The zero-order valence-electron chi connectivity index (χ0n) is 18.9. The van der Waals surface area contributed by atoms with Gasteiger partial charge in [0.1, 0.15) is 12.1 Å². The Labute approximate surface area is 187 Å². The average Bonchev–Trinajstić information content (AvgIpc) is 2.70. The molecule has 0 spiro atoms. The molecule has 7 N–H and O–H groups in total. The lowest BCUT2D eigenvalue weighted by molar-refractivity contribution is -0.145. The molecule has 10 heteroatoms. The molecule has 178 valence electrons. The topological polar surface area (TPSA) is 171 Å². The van der Waals surface area contributed by atoms with E-state index in [2.05, 4.69) is 16.0 Å². The highest BCUT2D eigenvalue weighted by atomic mass is 16.4. The molecule has 5 unspecified atom stereocenters. The summed E-state index contributed by atoms with van der Waals surface area (Å²) >= 11 is 0.